The standard InChI is InChI=1S/C19H25N3O/c23-19(8-4-1-5-9-19)16-14-15-6-2-3-7-17(15)21-18(16)22-12-10-20-11-13-22/h2-3,6-7,14,20,23H,1,4-5,8-13H2. The molecule has 2 aromatic rings. The lowest BCUT2D eigenvalue weighted by molar-refractivity contribution is -0.000350. The maximum Gasteiger partial charge on any atom is 0.135 e. The monoisotopic (exact) mass is 311 g/mol. The fourth-order valence-electron chi connectivity index (χ4n) is 3.97. The molecule has 0 atom stereocenters. The molecule has 0 spiro atoms. The molecule has 1 aliphatic carbocycles. The summed E-state index contributed by atoms with van der Waals surface area (Å²) in [6, 6.07) is 10.4. The molecule has 0 amide bonds. The first kappa shape index (κ1) is 14.9. The summed E-state index contributed by atoms with van der Waals surface area (Å²) in [5, 5.41) is 15.9. The molecule has 1 saturated heterocycles. The molecule has 2 fully saturated rings. The fourth-order valence-corrected chi connectivity index (χ4v) is 3.97. The highest BCUT2D eigenvalue weighted by atomic mass is 16.3. The van der Waals surface area contributed by atoms with Gasteiger partial charge in [-0.15, -0.1) is 0 Å². The Bertz CT molecular complexity index is 688. The zero-order valence-corrected chi connectivity index (χ0v) is 13.6. The summed E-state index contributed by atoms with van der Waals surface area (Å²) in [5.74, 6) is 0.995. The van der Waals surface area contributed by atoms with Gasteiger partial charge < -0.3 is 15.3 Å². The number of hydrogen-bond acceptors (Lipinski definition) is 4. The third kappa shape index (κ3) is 2.81. The number of anilines is 1. The maximum atomic E-state index is 11.3. The SMILES string of the molecule is OC1(c2cc3ccccc3nc2N2CCNCC2)CCCCC1. The van der Waals surface area contributed by atoms with E-state index in [2.05, 4.69) is 28.4 Å². The van der Waals surface area contributed by atoms with Gasteiger partial charge in [0, 0.05) is 37.1 Å². The van der Waals surface area contributed by atoms with Crippen LogP contribution in [0, 0.1) is 0 Å². The van der Waals surface area contributed by atoms with E-state index in [9.17, 15) is 5.11 Å². The molecule has 1 aromatic carbocycles. The minimum absolute atomic E-state index is 0.713. The Kier molecular flexibility index (Phi) is 3.95. The summed E-state index contributed by atoms with van der Waals surface area (Å²) in [6.07, 6.45) is 5.14. The van der Waals surface area contributed by atoms with Gasteiger partial charge in [-0.2, -0.15) is 0 Å². The lowest BCUT2D eigenvalue weighted by atomic mass is 9.79. The van der Waals surface area contributed by atoms with Crippen LogP contribution in [0.25, 0.3) is 10.9 Å². The molecule has 1 aromatic heterocycles. The number of nitrogens with zero attached hydrogens (tertiary/aromatic N) is 2. The van der Waals surface area contributed by atoms with Crippen LogP contribution < -0.4 is 10.2 Å². The van der Waals surface area contributed by atoms with Crippen molar-refractivity contribution in [2.45, 2.75) is 37.7 Å². The highest BCUT2D eigenvalue weighted by Gasteiger charge is 2.35. The minimum Gasteiger partial charge on any atom is -0.385 e. The van der Waals surface area contributed by atoms with Crippen LogP contribution in [0.3, 0.4) is 0 Å². The molecule has 1 aliphatic heterocycles. The van der Waals surface area contributed by atoms with E-state index < -0.39 is 5.60 Å². The lowest BCUT2D eigenvalue weighted by Crippen LogP contribution is -2.45. The smallest absolute Gasteiger partial charge is 0.135 e. The predicted octanol–water partition coefficient (Wildman–Crippen LogP) is 2.80. The van der Waals surface area contributed by atoms with Gasteiger partial charge in [0.25, 0.3) is 0 Å². The first-order valence-electron chi connectivity index (χ1n) is 8.85. The second-order valence-electron chi connectivity index (χ2n) is 6.88. The van der Waals surface area contributed by atoms with Gasteiger partial charge in [-0.05, 0) is 25.0 Å². The molecular weight excluding hydrogens is 286 g/mol. The van der Waals surface area contributed by atoms with Crippen molar-refractivity contribution in [3.05, 3.63) is 35.9 Å². The number of aliphatic hydroxyl groups is 1. The Hall–Kier alpha value is -1.65. The van der Waals surface area contributed by atoms with Crippen molar-refractivity contribution in [1.29, 1.82) is 0 Å². The molecule has 4 heteroatoms. The number of para-hydroxylation sites is 1. The van der Waals surface area contributed by atoms with E-state index in [1.165, 1.54) is 6.42 Å². The number of nitrogens with one attached hydrogen (secondary N) is 1. The average molecular weight is 311 g/mol. The van der Waals surface area contributed by atoms with Gasteiger partial charge >= 0.3 is 0 Å². The van der Waals surface area contributed by atoms with Crippen LogP contribution >= 0.6 is 0 Å². The van der Waals surface area contributed by atoms with E-state index in [-0.39, 0.29) is 0 Å². The third-order valence-corrected chi connectivity index (χ3v) is 5.30. The predicted molar refractivity (Wildman–Crippen MR) is 93.8 cm³/mol. The lowest BCUT2D eigenvalue weighted by Gasteiger charge is -2.37. The van der Waals surface area contributed by atoms with Gasteiger partial charge in [0.15, 0.2) is 0 Å². The number of aromatic nitrogens is 1. The van der Waals surface area contributed by atoms with Crippen molar-refractivity contribution < 1.29 is 5.11 Å². The van der Waals surface area contributed by atoms with Crippen LogP contribution in [0.2, 0.25) is 0 Å². The number of benzene rings is 1. The van der Waals surface area contributed by atoms with Crippen molar-refractivity contribution >= 4 is 16.7 Å². The van der Waals surface area contributed by atoms with Gasteiger partial charge in [-0.3, -0.25) is 0 Å². The van der Waals surface area contributed by atoms with Crippen LogP contribution in [-0.2, 0) is 5.60 Å². The number of hydrogen-bond donors (Lipinski definition) is 2. The highest BCUT2D eigenvalue weighted by Crippen LogP contribution is 2.41. The average Bonchev–Trinajstić information content (AvgIpc) is 2.62. The molecule has 2 heterocycles. The van der Waals surface area contributed by atoms with Crippen molar-refractivity contribution in [3.8, 4) is 0 Å². The molecule has 1 saturated carbocycles. The topological polar surface area (TPSA) is 48.4 Å². The van der Waals surface area contributed by atoms with Crippen molar-refractivity contribution in [1.82, 2.24) is 10.3 Å². The molecule has 0 unspecified atom stereocenters. The summed E-state index contributed by atoms with van der Waals surface area (Å²) in [7, 11) is 0. The van der Waals surface area contributed by atoms with E-state index in [1.54, 1.807) is 0 Å². The Labute approximate surface area is 137 Å². The van der Waals surface area contributed by atoms with E-state index >= 15 is 0 Å². The summed E-state index contributed by atoms with van der Waals surface area (Å²) >= 11 is 0. The highest BCUT2D eigenvalue weighted by molar-refractivity contribution is 5.82. The van der Waals surface area contributed by atoms with E-state index in [0.29, 0.717) is 0 Å². The number of piperazine rings is 1. The van der Waals surface area contributed by atoms with Crippen LogP contribution in [0.5, 0.6) is 0 Å². The van der Waals surface area contributed by atoms with E-state index in [1.807, 2.05) is 12.1 Å². The third-order valence-electron chi connectivity index (χ3n) is 5.30. The normalized spacial score (nSPS) is 21.5. The minimum atomic E-state index is -0.713. The van der Waals surface area contributed by atoms with Gasteiger partial charge in [0.2, 0.25) is 0 Å². The fraction of sp³-hybridized carbons (Fsp3) is 0.526. The Morgan fingerprint density at radius 2 is 1.78 bits per heavy atom. The maximum absolute atomic E-state index is 11.3. The van der Waals surface area contributed by atoms with E-state index in [0.717, 1.165) is 74.1 Å². The zero-order chi connectivity index (χ0) is 15.7. The van der Waals surface area contributed by atoms with Gasteiger partial charge in [-0.25, -0.2) is 4.98 Å². The summed E-state index contributed by atoms with van der Waals surface area (Å²) in [5.41, 5.74) is 1.34. The van der Waals surface area contributed by atoms with Crippen molar-refractivity contribution in [2.24, 2.45) is 0 Å². The van der Waals surface area contributed by atoms with Crippen LogP contribution in [-0.4, -0.2) is 36.3 Å². The second kappa shape index (κ2) is 6.10. The summed E-state index contributed by atoms with van der Waals surface area (Å²) in [6.45, 7) is 3.86. The molecule has 0 bridgehead atoms. The van der Waals surface area contributed by atoms with Gasteiger partial charge in [0.1, 0.15) is 5.82 Å². The van der Waals surface area contributed by atoms with Gasteiger partial charge in [0.05, 0.1) is 11.1 Å². The molecule has 2 aliphatic rings. The molecule has 4 rings (SSSR count). The molecule has 0 radical (unpaired) electrons. The second-order valence-corrected chi connectivity index (χ2v) is 6.88. The number of fused-ring (bicyclic) bond motifs is 1. The van der Waals surface area contributed by atoms with E-state index in [4.69, 9.17) is 4.98 Å². The Balaban J connectivity index is 1.85. The number of pyridine rings is 1. The van der Waals surface area contributed by atoms with Crippen LogP contribution in [0.15, 0.2) is 30.3 Å². The molecule has 4 nitrogen and oxygen atoms in total. The van der Waals surface area contributed by atoms with Crippen LogP contribution in [0.1, 0.15) is 37.7 Å². The zero-order valence-electron chi connectivity index (χ0n) is 13.6. The van der Waals surface area contributed by atoms with Crippen molar-refractivity contribution in [2.75, 3.05) is 31.1 Å². The summed E-state index contributed by atoms with van der Waals surface area (Å²) in [4.78, 5) is 7.30. The first-order chi connectivity index (χ1) is 11.3. The quantitative estimate of drug-likeness (QED) is 0.895. The first-order valence-corrected chi connectivity index (χ1v) is 8.85. The van der Waals surface area contributed by atoms with Gasteiger partial charge in [-0.1, -0.05) is 37.5 Å². The van der Waals surface area contributed by atoms with Crippen molar-refractivity contribution in [3.63, 3.8) is 0 Å². The Morgan fingerprint density at radius 1 is 1.04 bits per heavy atom. The molecule has 2 N–H and O–H groups in total. The largest absolute Gasteiger partial charge is 0.385 e. The number of rotatable bonds is 2. The van der Waals surface area contributed by atoms with Crippen LogP contribution in [0.4, 0.5) is 5.82 Å². The molecule has 122 valence electrons. The summed E-state index contributed by atoms with van der Waals surface area (Å²) < 4.78 is 0. The molecular formula is C19H25N3O. The Morgan fingerprint density at radius 3 is 2.57 bits per heavy atom. The molecule has 23 heavy (non-hydrogen) atoms.